The number of halogens is 1. The number of nitrogens with zero attached hydrogens (tertiary/aromatic N) is 2. The van der Waals surface area contributed by atoms with E-state index in [2.05, 4.69) is 4.98 Å². The minimum Gasteiger partial charge on any atom is -0.389 e. The molecule has 0 saturated heterocycles. The Hall–Kier alpha value is -1.33. The number of aromatic nitrogens is 2. The second-order valence-corrected chi connectivity index (χ2v) is 4.73. The Balaban J connectivity index is 2.41. The molecule has 5 heteroatoms. The van der Waals surface area contributed by atoms with Gasteiger partial charge in [-0.25, -0.2) is 9.37 Å². The molecule has 1 atom stereocenters. The fourth-order valence-corrected chi connectivity index (χ4v) is 2.53. The molecule has 1 aromatic carbocycles. The number of benzene rings is 1. The average Bonchev–Trinajstić information content (AvgIpc) is 2.67. The van der Waals surface area contributed by atoms with E-state index in [9.17, 15) is 9.50 Å². The maximum absolute atomic E-state index is 13.8. The smallest absolute Gasteiger partial charge is 0.172 e. The van der Waals surface area contributed by atoms with Crippen molar-refractivity contribution in [3.05, 3.63) is 42.0 Å². The van der Waals surface area contributed by atoms with Gasteiger partial charge in [0.05, 0.1) is 11.0 Å². The molecule has 1 unspecified atom stereocenters. The van der Waals surface area contributed by atoms with Crippen LogP contribution in [0.2, 0.25) is 0 Å². The van der Waals surface area contributed by atoms with Crippen LogP contribution in [0.1, 0.15) is 18.6 Å². The van der Waals surface area contributed by atoms with Crippen molar-refractivity contribution in [2.75, 3.05) is 0 Å². The number of aryl methyl sites for hydroxylation is 1. The molecule has 1 aromatic heterocycles. The highest BCUT2D eigenvalue weighted by Gasteiger charge is 2.15. The van der Waals surface area contributed by atoms with Crippen LogP contribution in [0.5, 0.6) is 0 Å². The maximum Gasteiger partial charge on any atom is 0.172 e. The number of aliphatic hydroxyl groups is 1. The molecule has 0 fully saturated rings. The zero-order chi connectivity index (χ0) is 12.4. The first kappa shape index (κ1) is 12.1. The van der Waals surface area contributed by atoms with Crippen molar-refractivity contribution < 1.29 is 9.50 Å². The fraction of sp³-hybridized carbons (Fsp3) is 0.250. The van der Waals surface area contributed by atoms with Gasteiger partial charge in [0.2, 0.25) is 0 Å². The van der Waals surface area contributed by atoms with E-state index in [1.165, 1.54) is 17.8 Å². The quantitative estimate of drug-likeness (QED) is 0.912. The number of imidazole rings is 1. The van der Waals surface area contributed by atoms with Gasteiger partial charge in [-0.15, -0.1) is 0 Å². The first-order valence-electron chi connectivity index (χ1n) is 5.21. The third-order valence-electron chi connectivity index (χ3n) is 2.42. The summed E-state index contributed by atoms with van der Waals surface area (Å²) in [7, 11) is 1.85. The summed E-state index contributed by atoms with van der Waals surface area (Å²) in [5, 5.41) is 10.3. The van der Waals surface area contributed by atoms with Crippen LogP contribution in [0.4, 0.5) is 4.39 Å². The van der Waals surface area contributed by atoms with Crippen molar-refractivity contribution in [3.63, 3.8) is 0 Å². The highest BCUT2D eigenvalue weighted by Crippen LogP contribution is 2.34. The van der Waals surface area contributed by atoms with Crippen molar-refractivity contribution in [1.29, 1.82) is 0 Å². The fourth-order valence-electron chi connectivity index (χ4n) is 1.50. The van der Waals surface area contributed by atoms with Gasteiger partial charge in [-0.3, -0.25) is 0 Å². The van der Waals surface area contributed by atoms with Crippen LogP contribution >= 0.6 is 11.8 Å². The zero-order valence-corrected chi connectivity index (χ0v) is 10.4. The van der Waals surface area contributed by atoms with Crippen LogP contribution in [0.3, 0.4) is 0 Å². The van der Waals surface area contributed by atoms with Crippen molar-refractivity contribution in [3.8, 4) is 0 Å². The largest absolute Gasteiger partial charge is 0.389 e. The lowest BCUT2D eigenvalue weighted by Gasteiger charge is -2.11. The number of hydrogen-bond acceptors (Lipinski definition) is 3. The van der Waals surface area contributed by atoms with Gasteiger partial charge in [0, 0.05) is 19.4 Å². The summed E-state index contributed by atoms with van der Waals surface area (Å²) in [6, 6.07) is 4.70. The van der Waals surface area contributed by atoms with Gasteiger partial charge < -0.3 is 9.67 Å². The maximum atomic E-state index is 13.8. The van der Waals surface area contributed by atoms with E-state index in [0.29, 0.717) is 15.6 Å². The molecular formula is C12H13FN2OS. The Morgan fingerprint density at radius 1 is 1.47 bits per heavy atom. The van der Waals surface area contributed by atoms with E-state index in [0.717, 1.165) is 0 Å². The third-order valence-corrected chi connectivity index (χ3v) is 3.63. The minimum absolute atomic E-state index is 0.337. The molecule has 1 N–H and O–H groups in total. The van der Waals surface area contributed by atoms with E-state index in [-0.39, 0.29) is 5.82 Å². The Bertz CT molecular complexity index is 525. The van der Waals surface area contributed by atoms with Crippen molar-refractivity contribution in [2.24, 2.45) is 7.05 Å². The van der Waals surface area contributed by atoms with Crippen molar-refractivity contribution in [2.45, 2.75) is 23.1 Å². The number of hydrogen-bond donors (Lipinski definition) is 1. The SMILES string of the molecule is CC(O)c1cccc(F)c1Sc1nccn1C. The van der Waals surface area contributed by atoms with Crippen LogP contribution in [0.15, 0.2) is 40.6 Å². The first-order chi connectivity index (χ1) is 8.09. The van der Waals surface area contributed by atoms with Gasteiger partial charge in [0.15, 0.2) is 5.16 Å². The molecule has 3 nitrogen and oxygen atoms in total. The predicted octanol–water partition coefficient (Wildman–Crippen LogP) is 2.76. The molecule has 0 spiro atoms. The van der Waals surface area contributed by atoms with Gasteiger partial charge in [-0.05, 0) is 30.3 Å². The Labute approximate surface area is 103 Å². The van der Waals surface area contributed by atoms with Gasteiger partial charge >= 0.3 is 0 Å². The molecule has 0 bridgehead atoms. The Kier molecular flexibility index (Phi) is 3.49. The predicted molar refractivity (Wildman–Crippen MR) is 64.4 cm³/mol. The molecule has 0 aliphatic heterocycles. The minimum atomic E-state index is -0.700. The Morgan fingerprint density at radius 3 is 2.82 bits per heavy atom. The van der Waals surface area contributed by atoms with Gasteiger partial charge in [-0.2, -0.15) is 0 Å². The normalized spacial score (nSPS) is 12.7. The number of aliphatic hydroxyl groups excluding tert-OH is 1. The topological polar surface area (TPSA) is 38.1 Å². The Morgan fingerprint density at radius 2 is 2.24 bits per heavy atom. The lowest BCUT2D eigenvalue weighted by molar-refractivity contribution is 0.195. The average molecular weight is 252 g/mol. The van der Waals surface area contributed by atoms with Crippen LogP contribution in [-0.4, -0.2) is 14.7 Å². The summed E-state index contributed by atoms with van der Waals surface area (Å²) in [5.41, 5.74) is 0.581. The molecule has 0 aliphatic rings. The van der Waals surface area contributed by atoms with Gasteiger partial charge in [-0.1, -0.05) is 12.1 Å². The summed E-state index contributed by atoms with van der Waals surface area (Å²) in [4.78, 5) is 4.56. The molecule has 1 heterocycles. The second kappa shape index (κ2) is 4.89. The molecule has 90 valence electrons. The molecule has 17 heavy (non-hydrogen) atoms. The standard InChI is InChI=1S/C12H13FN2OS/c1-8(16)9-4-3-5-10(13)11(9)17-12-14-6-7-15(12)2/h3-8,16H,1-2H3. The van der Waals surface area contributed by atoms with Crippen LogP contribution in [-0.2, 0) is 7.05 Å². The van der Waals surface area contributed by atoms with Crippen LogP contribution in [0, 0.1) is 5.82 Å². The monoisotopic (exact) mass is 252 g/mol. The summed E-state index contributed by atoms with van der Waals surface area (Å²) in [5.74, 6) is -0.337. The second-order valence-electron chi connectivity index (χ2n) is 3.76. The summed E-state index contributed by atoms with van der Waals surface area (Å²) >= 11 is 1.22. The van der Waals surface area contributed by atoms with Crippen LogP contribution in [0.25, 0.3) is 0 Å². The lowest BCUT2D eigenvalue weighted by atomic mass is 10.1. The lowest BCUT2D eigenvalue weighted by Crippen LogP contribution is -1.98. The third kappa shape index (κ3) is 2.50. The summed E-state index contributed by atoms with van der Waals surface area (Å²) < 4.78 is 15.6. The molecule has 0 radical (unpaired) electrons. The zero-order valence-electron chi connectivity index (χ0n) is 9.59. The molecule has 0 aliphatic carbocycles. The van der Waals surface area contributed by atoms with Gasteiger partial charge in [0.25, 0.3) is 0 Å². The molecule has 2 rings (SSSR count). The molecular weight excluding hydrogens is 239 g/mol. The van der Waals surface area contributed by atoms with E-state index >= 15 is 0 Å². The summed E-state index contributed by atoms with van der Waals surface area (Å²) in [6.45, 7) is 1.62. The molecule has 2 aromatic rings. The van der Waals surface area contributed by atoms with Crippen molar-refractivity contribution in [1.82, 2.24) is 9.55 Å². The van der Waals surface area contributed by atoms with E-state index in [4.69, 9.17) is 0 Å². The first-order valence-corrected chi connectivity index (χ1v) is 6.03. The van der Waals surface area contributed by atoms with E-state index in [1.807, 2.05) is 11.6 Å². The van der Waals surface area contributed by atoms with Crippen LogP contribution < -0.4 is 0 Å². The molecule has 0 amide bonds. The highest BCUT2D eigenvalue weighted by atomic mass is 32.2. The van der Waals surface area contributed by atoms with E-state index < -0.39 is 6.10 Å². The van der Waals surface area contributed by atoms with Gasteiger partial charge in [0.1, 0.15) is 5.82 Å². The van der Waals surface area contributed by atoms with E-state index in [1.54, 1.807) is 31.5 Å². The number of rotatable bonds is 3. The highest BCUT2D eigenvalue weighted by molar-refractivity contribution is 7.99. The molecule has 0 saturated carbocycles. The van der Waals surface area contributed by atoms with Crippen molar-refractivity contribution >= 4 is 11.8 Å². The summed E-state index contributed by atoms with van der Waals surface area (Å²) in [6.07, 6.45) is 2.75.